The normalized spacial score (nSPS) is 11.7. The van der Waals surface area contributed by atoms with E-state index in [1.165, 1.54) is 0 Å². The van der Waals surface area contributed by atoms with E-state index in [2.05, 4.69) is 0 Å². The predicted octanol–water partition coefficient (Wildman–Crippen LogP) is 6.10. The van der Waals surface area contributed by atoms with Crippen molar-refractivity contribution in [2.24, 2.45) is 0 Å². The van der Waals surface area contributed by atoms with Crippen molar-refractivity contribution in [3.63, 3.8) is 0 Å². The van der Waals surface area contributed by atoms with Gasteiger partial charge in [0.25, 0.3) is 0 Å². The highest BCUT2D eigenvalue weighted by Gasteiger charge is 2.25. The van der Waals surface area contributed by atoms with Crippen LogP contribution in [0.25, 0.3) is 16.9 Å². The Balaban J connectivity index is 1.75. The van der Waals surface area contributed by atoms with Crippen LogP contribution in [0.3, 0.4) is 0 Å². The minimum Gasteiger partial charge on any atom is -0.497 e. The molecule has 4 aromatic rings. The van der Waals surface area contributed by atoms with E-state index in [4.69, 9.17) is 30.9 Å². The van der Waals surface area contributed by atoms with Gasteiger partial charge in [0.2, 0.25) is 0 Å². The molecule has 7 heteroatoms. The number of halogens is 1. The lowest BCUT2D eigenvalue weighted by Gasteiger charge is -2.15. The number of aromatic nitrogens is 2. The molecule has 35 heavy (non-hydrogen) atoms. The van der Waals surface area contributed by atoms with Crippen LogP contribution in [-0.2, 0) is 16.0 Å². The zero-order valence-corrected chi connectivity index (χ0v) is 20.7. The van der Waals surface area contributed by atoms with Crippen molar-refractivity contribution in [1.82, 2.24) is 9.78 Å². The summed E-state index contributed by atoms with van der Waals surface area (Å²) in [6.07, 6.45) is 0.384. The van der Waals surface area contributed by atoms with Gasteiger partial charge in [-0.3, -0.25) is 4.79 Å². The third-order valence-corrected chi connectivity index (χ3v) is 5.97. The van der Waals surface area contributed by atoms with Crippen LogP contribution in [0.15, 0.2) is 78.9 Å². The van der Waals surface area contributed by atoms with Crippen LogP contribution in [0.2, 0.25) is 5.02 Å². The predicted molar refractivity (Wildman–Crippen MR) is 137 cm³/mol. The zero-order valence-electron chi connectivity index (χ0n) is 19.9. The second-order valence-electron chi connectivity index (χ2n) is 7.92. The minimum absolute atomic E-state index is 0.287. The van der Waals surface area contributed by atoms with Crippen molar-refractivity contribution in [3.05, 3.63) is 95.1 Å². The summed E-state index contributed by atoms with van der Waals surface area (Å²) in [5, 5.41) is 5.55. The fraction of sp³-hybridized carbons (Fsp3) is 0.214. The summed E-state index contributed by atoms with van der Waals surface area (Å²) in [6.45, 7) is 2.11. The van der Waals surface area contributed by atoms with E-state index in [1.807, 2.05) is 83.5 Å². The van der Waals surface area contributed by atoms with Gasteiger partial charge in [0.1, 0.15) is 11.5 Å². The van der Waals surface area contributed by atoms with Gasteiger partial charge in [-0.05, 0) is 67.1 Å². The Morgan fingerprint density at radius 3 is 2.09 bits per heavy atom. The van der Waals surface area contributed by atoms with Crippen molar-refractivity contribution in [1.29, 1.82) is 0 Å². The first-order valence-electron chi connectivity index (χ1n) is 11.3. The number of benzene rings is 3. The lowest BCUT2D eigenvalue weighted by molar-refractivity contribution is -0.145. The van der Waals surface area contributed by atoms with E-state index in [0.29, 0.717) is 18.1 Å². The third-order valence-electron chi connectivity index (χ3n) is 5.72. The van der Waals surface area contributed by atoms with Gasteiger partial charge < -0.3 is 14.2 Å². The topological polar surface area (TPSA) is 62.6 Å². The van der Waals surface area contributed by atoms with Crippen molar-refractivity contribution in [3.8, 4) is 28.4 Å². The third kappa shape index (κ3) is 5.66. The van der Waals surface area contributed by atoms with Crippen LogP contribution in [0.5, 0.6) is 11.5 Å². The van der Waals surface area contributed by atoms with Crippen LogP contribution in [0.4, 0.5) is 0 Å². The summed E-state index contributed by atoms with van der Waals surface area (Å²) in [6, 6.07) is 24.7. The van der Waals surface area contributed by atoms with E-state index in [0.717, 1.165) is 39.7 Å². The molecule has 0 saturated heterocycles. The average Bonchev–Trinajstić information content (AvgIpc) is 3.32. The molecule has 0 radical (unpaired) electrons. The second-order valence-corrected chi connectivity index (χ2v) is 8.36. The quantitative estimate of drug-likeness (QED) is 0.265. The number of rotatable bonds is 9. The summed E-state index contributed by atoms with van der Waals surface area (Å²) in [7, 11) is 3.25. The molecule has 1 atom stereocenters. The standard InChI is InChI=1S/C28H27ClN2O4/c1-4-35-28(32)26(19-7-13-24(33-2)14-8-19)17-22-18-27(20-5-9-21(29)10-6-20)31(30-22)23-11-15-25(34-3)16-12-23/h5-16,18,26H,4,17H2,1-3H3. The van der Waals surface area contributed by atoms with E-state index in [9.17, 15) is 4.79 Å². The molecule has 0 aliphatic carbocycles. The monoisotopic (exact) mass is 490 g/mol. The van der Waals surface area contributed by atoms with Crippen LogP contribution in [0, 0.1) is 0 Å². The van der Waals surface area contributed by atoms with Crippen molar-refractivity contribution in [2.75, 3.05) is 20.8 Å². The zero-order chi connectivity index (χ0) is 24.8. The first-order chi connectivity index (χ1) is 17.0. The molecule has 0 saturated carbocycles. The highest BCUT2D eigenvalue weighted by atomic mass is 35.5. The van der Waals surface area contributed by atoms with Crippen LogP contribution in [-0.4, -0.2) is 36.6 Å². The van der Waals surface area contributed by atoms with Gasteiger partial charge in [0.15, 0.2) is 0 Å². The van der Waals surface area contributed by atoms with Gasteiger partial charge in [-0.15, -0.1) is 0 Å². The summed E-state index contributed by atoms with van der Waals surface area (Å²) >= 11 is 6.12. The highest BCUT2D eigenvalue weighted by molar-refractivity contribution is 6.30. The number of hydrogen-bond donors (Lipinski definition) is 0. The molecule has 0 bridgehead atoms. The maximum absolute atomic E-state index is 12.9. The molecule has 0 amide bonds. The smallest absolute Gasteiger partial charge is 0.313 e. The van der Waals surface area contributed by atoms with Crippen LogP contribution < -0.4 is 9.47 Å². The van der Waals surface area contributed by atoms with Gasteiger partial charge in [-0.25, -0.2) is 4.68 Å². The fourth-order valence-corrected chi connectivity index (χ4v) is 4.03. The Hall–Kier alpha value is -3.77. The van der Waals surface area contributed by atoms with Gasteiger partial charge in [-0.2, -0.15) is 5.10 Å². The largest absolute Gasteiger partial charge is 0.497 e. The summed E-state index contributed by atoms with van der Waals surface area (Å²) < 4.78 is 17.8. The summed E-state index contributed by atoms with van der Waals surface area (Å²) in [5.41, 5.74) is 4.33. The minimum atomic E-state index is -0.502. The number of ether oxygens (including phenoxy) is 3. The van der Waals surface area contributed by atoms with Gasteiger partial charge in [-0.1, -0.05) is 35.9 Å². The number of hydrogen-bond acceptors (Lipinski definition) is 5. The Kier molecular flexibility index (Phi) is 7.73. The number of esters is 1. The fourth-order valence-electron chi connectivity index (χ4n) is 3.90. The van der Waals surface area contributed by atoms with E-state index >= 15 is 0 Å². The molecule has 1 heterocycles. The average molecular weight is 491 g/mol. The Morgan fingerprint density at radius 1 is 0.914 bits per heavy atom. The first-order valence-corrected chi connectivity index (χ1v) is 11.7. The molecule has 0 aliphatic heterocycles. The second kappa shape index (κ2) is 11.1. The molecule has 1 aromatic heterocycles. The molecule has 0 N–H and O–H groups in total. The molecule has 4 rings (SSSR count). The van der Waals surface area contributed by atoms with Crippen LogP contribution >= 0.6 is 11.6 Å². The van der Waals surface area contributed by atoms with E-state index in [-0.39, 0.29) is 5.97 Å². The van der Waals surface area contributed by atoms with Crippen molar-refractivity contribution >= 4 is 17.6 Å². The molecular weight excluding hydrogens is 464 g/mol. The molecule has 0 fully saturated rings. The molecule has 3 aromatic carbocycles. The van der Waals surface area contributed by atoms with E-state index < -0.39 is 5.92 Å². The number of nitrogens with zero attached hydrogens (tertiary/aromatic N) is 2. The molecule has 0 aliphatic rings. The first kappa shape index (κ1) is 24.4. The molecular formula is C28H27ClN2O4. The SMILES string of the molecule is CCOC(=O)C(Cc1cc(-c2ccc(Cl)cc2)n(-c2ccc(OC)cc2)n1)c1ccc(OC)cc1. The molecule has 6 nitrogen and oxygen atoms in total. The Bertz CT molecular complexity index is 1270. The molecule has 0 spiro atoms. The van der Waals surface area contributed by atoms with Crippen molar-refractivity contribution < 1.29 is 19.0 Å². The Morgan fingerprint density at radius 2 is 1.51 bits per heavy atom. The Labute approximate surface area is 210 Å². The summed E-state index contributed by atoms with van der Waals surface area (Å²) in [5.74, 6) is 0.698. The highest BCUT2D eigenvalue weighted by Crippen LogP contribution is 2.30. The van der Waals surface area contributed by atoms with Crippen LogP contribution in [0.1, 0.15) is 24.1 Å². The molecule has 1 unspecified atom stereocenters. The number of carbonyl (C=O) groups excluding carboxylic acids is 1. The maximum Gasteiger partial charge on any atom is 0.313 e. The maximum atomic E-state index is 12.9. The van der Waals surface area contributed by atoms with Crippen molar-refractivity contribution in [2.45, 2.75) is 19.3 Å². The van der Waals surface area contributed by atoms with Gasteiger partial charge in [0, 0.05) is 17.0 Å². The number of carbonyl (C=O) groups is 1. The molecule has 180 valence electrons. The lowest BCUT2D eigenvalue weighted by Crippen LogP contribution is -2.18. The van der Waals surface area contributed by atoms with E-state index in [1.54, 1.807) is 21.1 Å². The number of methoxy groups -OCH3 is 2. The summed E-state index contributed by atoms with van der Waals surface area (Å²) in [4.78, 5) is 12.9. The van der Waals surface area contributed by atoms with Gasteiger partial charge in [0.05, 0.1) is 43.8 Å². The van der Waals surface area contributed by atoms with Gasteiger partial charge >= 0.3 is 5.97 Å². The lowest BCUT2D eigenvalue weighted by atomic mass is 9.94.